The van der Waals surface area contributed by atoms with Crippen LogP contribution in [0.1, 0.15) is 39.0 Å². The van der Waals surface area contributed by atoms with Gasteiger partial charge in [-0.2, -0.15) is 24.9 Å². The predicted octanol–water partition coefficient (Wildman–Crippen LogP) is 3.84. The van der Waals surface area contributed by atoms with Gasteiger partial charge in [0.1, 0.15) is 0 Å². The Morgan fingerprint density at radius 3 is 2.53 bits per heavy atom. The molecule has 0 amide bonds. The fourth-order valence-electron chi connectivity index (χ4n) is 2.03. The molecule has 1 atom stereocenters. The zero-order valence-corrected chi connectivity index (χ0v) is 11.2. The first kappa shape index (κ1) is 15.2. The summed E-state index contributed by atoms with van der Waals surface area (Å²) in [7, 11) is 0. The second kappa shape index (κ2) is 7.52. The summed E-state index contributed by atoms with van der Waals surface area (Å²) in [6.45, 7) is 2.95. The van der Waals surface area contributed by atoms with Crippen LogP contribution in [-0.4, -0.2) is 30.3 Å². The van der Waals surface area contributed by atoms with E-state index >= 15 is 0 Å². The number of halogens is 3. The van der Waals surface area contributed by atoms with Crippen LogP contribution in [0.4, 0.5) is 13.2 Å². The van der Waals surface area contributed by atoms with Crippen LogP contribution in [-0.2, 0) is 0 Å². The topological polar surface area (TPSA) is 12.0 Å². The summed E-state index contributed by atoms with van der Waals surface area (Å²) in [5.74, 6) is 3.19. The molecule has 17 heavy (non-hydrogen) atoms. The van der Waals surface area contributed by atoms with Crippen molar-refractivity contribution >= 4 is 11.8 Å². The number of thioether (sulfide) groups is 1. The monoisotopic (exact) mass is 269 g/mol. The molecule has 1 aliphatic rings. The SMILES string of the molecule is CC(CCCC(F)(F)F)NCC1CCSCC1. The van der Waals surface area contributed by atoms with E-state index in [1.54, 1.807) is 0 Å². The lowest BCUT2D eigenvalue weighted by molar-refractivity contribution is -0.135. The van der Waals surface area contributed by atoms with Gasteiger partial charge in [0.25, 0.3) is 0 Å². The van der Waals surface area contributed by atoms with Gasteiger partial charge in [-0.05, 0) is 56.6 Å². The molecular weight excluding hydrogens is 247 g/mol. The zero-order chi connectivity index (χ0) is 12.7. The Labute approximate surface area is 106 Å². The molecule has 5 heteroatoms. The second-order valence-corrected chi connectivity index (χ2v) is 6.10. The van der Waals surface area contributed by atoms with Gasteiger partial charge in [0, 0.05) is 12.5 Å². The highest BCUT2D eigenvalue weighted by molar-refractivity contribution is 7.99. The lowest BCUT2D eigenvalue weighted by Gasteiger charge is -2.24. The van der Waals surface area contributed by atoms with Gasteiger partial charge in [-0.25, -0.2) is 0 Å². The van der Waals surface area contributed by atoms with E-state index in [4.69, 9.17) is 0 Å². The molecule has 0 aromatic rings. The standard InChI is InChI=1S/C12H22F3NS/c1-10(3-2-6-12(13,14)15)16-9-11-4-7-17-8-5-11/h10-11,16H,2-9H2,1H3. The summed E-state index contributed by atoms with van der Waals surface area (Å²) >= 11 is 2.00. The summed E-state index contributed by atoms with van der Waals surface area (Å²) < 4.78 is 35.9. The van der Waals surface area contributed by atoms with Crippen LogP contribution in [0.25, 0.3) is 0 Å². The molecule has 102 valence electrons. The molecular formula is C12H22F3NS. The lowest BCUT2D eigenvalue weighted by Crippen LogP contribution is -2.32. The first-order valence-corrected chi connectivity index (χ1v) is 7.51. The van der Waals surface area contributed by atoms with Gasteiger partial charge >= 0.3 is 6.18 Å². The largest absolute Gasteiger partial charge is 0.389 e. The van der Waals surface area contributed by atoms with E-state index in [0.29, 0.717) is 6.42 Å². The normalized spacial score (nSPS) is 20.5. The minimum atomic E-state index is -4.00. The maximum atomic E-state index is 12.0. The molecule has 0 aromatic carbocycles. The summed E-state index contributed by atoms with van der Waals surface area (Å²) in [5, 5.41) is 3.36. The van der Waals surface area contributed by atoms with Gasteiger partial charge in [0.15, 0.2) is 0 Å². The minimum Gasteiger partial charge on any atom is -0.314 e. The smallest absolute Gasteiger partial charge is 0.314 e. The molecule has 1 rings (SSSR count). The van der Waals surface area contributed by atoms with Crippen LogP contribution in [0, 0.1) is 5.92 Å². The number of hydrogen-bond acceptors (Lipinski definition) is 2. The van der Waals surface area contributed by atoms with Crippen LogP contribution in [0.15, 0.2) is 0 Å². The average molecular weight is 269 g/mol. The van der Waals surface area contributed by atoms with Gasteiger partial charge in [-0.3, -0.25) is 0 Å². The second-order valence-electron chi connectivity index (χ2n) is 4.87. The highest BCUT2D eigenvalue weighted by atomic mass is 32.2. The van der Waals surface area contributed by atoms with Gasteiger partial charge in [0.2, 0.25) is 0 Å². The third-order valence-electron chi connectivity index (χ3n) is 3.19. The molecule has 0 aliphatic carbocycles. The molecule has 0 saturated carbocycles. The Morgan fingerprint density at radius 2 is 1.94 bits per heavy atom. The summed E-state index contributed by atoms with van der Waals surface area (Å²) in [5.41, 5.74) is 0. The van der Waals surface area contributed by atoms with Crippen LogP contribution in [0.3, 0.4) is 0 Å². The van der Waals surface area contributed by atoms with Crippen molar-refractivity contribution in [2.75, 3.05) is 18.1 Å². The van der Waals surface area contributed by atoms with E-state index in [2.05, 4.69) is 5.32 Å². The summed E-state index contributed by atoms with van der Waals surface area (Å²) in [6.07, 6.45) is -1.32. The Bertz CT molecular complexity index is 202. The van der Waals surface area contributed by atoms with Crippen molar-refractivity contribution in [2.45, 2.75) is 51.2 Å². The fraction of sp³-hybridized carbons (Fsp3) is 1.00. The molecule has 0 bridgehead atoms. The maximum absolute atomic E-state index is 12.0. The zero-order valence-electron chi connectivity index (χ0n) is 10.4. The van der Waals surface area contributed by atoms with E-state index in [0.717, 1.165) is 12.5 Å². The van der Waals surface area contributed by atoms with Crippen molar-refractivity contribution in [3.63, 3.8) is 0 Å². The molecule has 1 heterocycles. The van der Waals surface area contributed by atoms with Gasteiger partial charge in [-0.15, -0.1) is 0 Å². The molecule has 1 unspecified atom stereocenters. The third-order valence-corrected chi connectivity index (χ3v) is 4.24. The first-order valence-electron chi connectivity index (χ1n) is 6.35. The van der Waals surface area contributed by atoms with Crippen molar-refractivity contribution in [1.82, 2.24) is 5.32 Å². The van der Waals surface area contributed by atoms with Crippen molar-refractivity contribution < 1.29 is 13.2 Å². The Balaban J connectivity index is 2.02. The van der Waals surface area contributed by atoms with E-state index in [9.17, 15) is 13.2 Å². The molecule has 1 nitrogen and oxygen atoms in total. The van der Waals surface area contributed by atoms with Crippen molar-refractivity contribution in [3.05, 3.63) is 0 Å². The van der Waals surface area contributed by atoms with Crippen LogP contribution >= 0.6 is 11.8 Å². The third kappa shape index (κ3) is 7.92. The molecule has 1 N–H and O–H groups in total. The maximum Gasteiger partial charge on any atom is 0.389 e. The van der Waals surface area contributed by atoms with Crippen molar-refractivity contribution in [3.8, 4) is 0 Å². The lowest BCUT2D eigenvalue weighted by atomic mass is 10.0. The average Bonchev–Trinajstić information content (AvgIpc) is 2.26. The molecule has 0 spiro atoms. The van der Waals surface area contributed by atoms with Gasteiger partial charge in [-0.1, -0.05) is 0 Å². The number of alkyl halides is 3. The molecule has 1 saturated heterocycles. The number of nitrogens with one attached hydrogen (secondary N) is 1. The van der Waals surface area contributed by atoms with E-state index in [-0.39, 0.29) is 12.5 Å². The molecule has 0 radical (unpaired) electrons. The van der Waals surface area contributed by atoms with E-state index < -0.39 is 12.6 Å². The highest BCUT2D eigenvalue weighted by Gasteiger charge is 2.26. The van der Waals surface area contributed by atoms with E-state index in [1.165, 1.54) is 24.3 Å². The first-order chi connectivity index (χ1) is 7.97. The quantitative estimate of drug-likeness (QED) is 0.786. The van der Waals surface area contributed by atoms with Crippen molar-refractivity contribution in [2.24, 2.45) is 5.92 Å². The number of hydrogen-bond donors (Lipinski definition) is 1. The van der Waals surface area contributed by atoms with E-state index in [1.807, 2.05) is 18.7 Å². The Hall–Kier alpha value is 0.100. The fourth-order valence-corrected chi connectivity index (χ4v) is 3.23. The van der Waals surface area contributed by atoms with Gasteiger partial charge < -0.3 is 5.32 Å². The van der Waals surface area contributed by atoms with Crippen molar-refractivity contribution in [1.29, 1.82) is 0 Å². The van der Waals surface area contributed by atoms with Crippen LogP contribution in [0.2, 0.25) is 0 Å². The van der Waals surface area contributed by atoms with Crippen LogP contribution < -0.4 is 5.32 Å². The Morgan fingerprint density at radius 1 is 1.29 bits per heavy atom. The molecule has 1 fully saturated rings. The summed E-state index contributed by atoms with van der Waals surface area (Å²) in [6, 6.07) is 0.201. The highest BCUT2D eigenvalue weighted by Crippen LogP contribution is 2.23. The minimum absolute atomic E-state index is 0.201. The Kier molecular flexibility index (Phi) is 6.70. The predicted molar refractivity (Wildman–Crippen MR) is 67.4 cm³/mol. The molecule has 1 aliphatic heterocycles. The summed E-state index contributed by atoms with van der Waals surface area (Å²) in [4.78, 5) is 0. The van der Waals surface area contributed by atoms with Gasteiger partial charge in [0.05, 0.1) is 0 Å². The molecule has 0 aromatic heterocycles. The number of rotatable bonds is 6. The van der Waals surface area contributed by atoms with Crippen LogP contribution in [0.5, 0.6) is 0 Å².